The average molecular weight is 312 g/mol. The van der Waals surface area contributed by atoms with Gasteiger partial charge in [-0.2, -0.15) is 0 Å². The number of hydrogen-bond donors (Lipinski definition) is 1. The number of benzene rings is 1. The first-order valence-corrected chi connectivity index (χ1v) is 7.98. The smallest absolute Gasteiger partial charge is 0.0178 e. The van der Waals surface area contributed by atoms with Crippen LogP contribution in [0, 0.1) is 5.92 Å². The molecule has 1 unspecified atom stereocenters. The van der Waals surface area contributed by atoms with Crippen LogP contribution in [0.2, 0.25) is 0 Å². The lowest BCUT2D eigenvalue weighted by Crippen LogP contribution is -2.38. The molecule has 0 saturated carbocycles. The highest BCUT2D eigenvalue weighted by atomic mass is 79.9. The Labute approximate surface area is 120 Å². The van der Waals surface area contributed by atoms with Crippen molar-refractivity contribution in [2.75, 3.05) is 6.54 Å². The molecule has 18 heavy (non-hydrogen) atoms. The summed E-state index contributed by atoms with van der Waals surface area (Å²) < 4.78 is 1.18. The second kappa shape index (κ2) is 8.71. The highest BCUT2D eigenvalue weighted by Crippen LogP contribution is 2.19. The molecule has 1 nitrogen and oxygen atoms in total. The van der Waals surface area contributed by atoms with E-state index in [9.17, 15) is 0 Å². The molecule has 0 radical (unpaired) electrons. The van der Waals surface area contributed by atoms with Crippen molar-refractivity contribution in [3.05, 3.63) is 34.3 Å². The van der Waals surface area contributed by atoms with Gasteiger partial charge in [-0.1, -0.05) is 61.7 Å². The number of hydrogen-bond acceptors (Lipinski definition) is 1. The normalized spacial score (nSPS) is 12.9. The fourth-order valence-corrected chi connectivity index (χ4v) is 2.96. The van der Waals surface area contributed by atoms with Crippen molar-refractivity contribution in [3.63, 3.8) is 0 Å². The van der Waals surface area contributed by atoms with Crippen LogP contribution in [0.25, 0.3) is 0 Å². The van der Waals surface area contributed by atoms with E-state index in [0.29, 0.717) is 6.04 Å². The predicted molar refractivity (Wildman–Crippen MR) is 84.0 cm³/mol. The minimum absolute atomic E-state index is 0.606. The maximum Gasteiger partial charge on any atom is 0.0178 e. The summed E-state index contributed by atoms with van der Waals surface area (Å²) in [5.74, 6) is 0.774. The fraction of sp³-hybridized carbons (Fsp3) is 0.625. The van der Waals surface area contributed by atoms with E-state index in [2.05, 4.69) is 66.3 Å². The van der Waals surface area contributed by atoms with Gasteiger partial charge in [0.2, 0.25) is 0 Å². The zero-order valence-corrected chi connectivity index (χ0v) is 13.5. The van der Waals surface area contributed by atoms with E-state index >= 15 is 0 Å². The molecule has 0 fully saturated rings. The zero-order valence-electron chi connectivity index (χ0n) is 11.9. The Balaban J connectivity index is 2.70. The van der Waals surface area contributed by atoms with E-state index in [4.69, 9.17) is 0 Å². The fourth-order valence-electron chi connectivity index (χ4n) is 2.51. The van der Waals surface area contributed by atoms with Crippen molar-refractivity contribution >= 4 is 15.9 Å². The van der Waals surface area contributed by atoms with Gasteiger partial charge in [-0.3, -0.25) is 0 Å². The molecule has 1 rings (SSSR count). The Morgan fingerprint density at radius 1 is 1.17 bits per heavy atom. The van der Waals surface area contributed by atoms with E-state index in [1.807, 2.05) is 0 Å². The molecule has 0 aromatic heterocycles. The highest BCUT2D eigenvalue weighted by Gasteiger charge is 2.18. The summed E-state index contributed by atoms with van der Waals surface area (Å²) in [5.41, 5.74) is 1.42. The Hall–Kier alpha value is -0.340. The summed E-state index contributed by atoms with van der Waals surface area (Å²) in [6.45, 7) is 7.95. The van der Waals surface area contributed by atoms with Gasteiger partial charge in [0.05, 0.1) is 0 Å². The van der Waals surface area contributed by atoms with Gasteiger partial charge in [0.15, 0.2) is 0 Å². The van der Waals surface area contributed by atoms with E-state index in [0.717, 1.165) is 18.9 Å². The van der Waals surface area contributed by atoms with Crippen molar-refractivity contribution in [2.24, 2.45) is 5.92 Å². The van der Waals surface area contributed by atoms with Crippen LogP contribution in [0.1, 0.15) is 45.6 Å². The standard InChI is InChI=1S/C16H26BrN/c1-4-10-18-16(14(5-2)6-3)12-13-8-7-9-15(17)11-13/h7-9,11,14,16,18H,4-6,10,12H2,1-3H3. The lowest BCUT2D eigenvalue weighted by molar-refractivity contribution is 0.332. The van der Waals surface area contributed by atoms with Crippen LogP contribution in [-0.2, 0) is 6.42 Å². The van der Waals surface area contributed by atoms with Gasteiger partial charge in [-0.25, -0.2) is 0 Å². The molecule has 1 aromatic carbocycles. The molecule has 0 aliphatic rings. The van der Waals surface area contributed by atoms with Gasteiger partial charge >= 0.3 is 0 Å². The van der Waals surface area contributed by atoms with Crippen molar-refractivity contribution in [1.82, 2.24) is 5.32 Å². The molecule has 0 spiro atoms. The third kappa shape index (κ3) is 5.11. The minimum atomic E-state index is 0.606. The second-order valence-electron chi connectivity index (χ2n) is 4.97. The Kier molecular flexibility index (Phi) is 7.60. The van der Waals surface area contributed by atoms with Gasteiger partial charge in [-0.05, 0) is 43.0 Å². The molecule has 0 amide bonds. The average Bonchev–Trinajstić information content (AvgIpc) is 2.37. The molecule has 0 aliphatic carbocycles. The molecule has 102 valence electrons. The first kappa shape index (κ1) is 15.7. The van der Waals surface area contributed by atoms with Crippen LogP contribution in [0.15, 0.2) is 28.7 Å². The van der Waals surface area contributed by atoms with Crippen LogP contribution in [0.4, 0.5) is 0 Å². The summed E-state index contributed by atoms with van der Waals surface area (Å²) >= 11 is 3.56. The van der Waals surface area contributed by atoms with Gasteiger partial charge in [-0.15, -0.1) is 0 Å². The first-order valence-electron chi connectivity index (χ1n) is 7.19. The van der Waals surface area contributed by atoms with Crippen molar-refractivity contribution in [3.8, 4) is 0 Å². The Morgan fingerprint density at radius 2 is 1.89 bits per heavy atom. The molecule has 1 N–H and O–H groups in total. The van der Waals surface area contributed by atoms with Gasteiger partial charge in [0.25, 0.3) is 0 Å². The molecule has 0 bridgehead atoms. The molecule has 0 heterocycles. The first-order chi connectivity index (χ1) is 8.71. The molecule has 2 heteroatoms. The van der Waals surface area contributed by atoms with E-state index in [-0.39, 0.29) is 0 Å². The lowest BCUT2D eigenvalue weighted by Gasteiger charge is -2.26. The number of nitrogens with one attached hydrogen (secondary N) is 1. The van der Waals surface area contributed by atoms with Crippen LogP contribution >= 0.6 is 15.9 Å². The highest BCUT2D eigenvalue weighted by molar-refractivity contribution is 9.10. The second-order valence-corrected chi connectivity index (χ2v) is 5.89. The third-order valence-electron chi connectivity index (χ3n) is 3.62. The number of rotatable bonds is 8. The van der Waals surface area contributed by atoms with Crippen LogP contribution in [0.5, 0.6) is 0 Å². The molecular formula is C16H26BrN. The van der Waals surface area contributed by atoms with Crippen molar-refractivity contribution < 1.29 is 0 Å². The quantitative estimate of drug-likeness (QED) is 0.727. The molecule has 0 aliphatic heterocycles. The lowest BCUT2D eigenvalue weighted by atomic mass is 9.89. The summed E-state index contributed by atoms with van der Waals surface area (Å²) in [4.78, 5) is 0. The topological polar surface area (TPSA) is 12.0 Å². The monoisotopic (exact) mass is 311 g/mol. The van der Waals surface area contributed by atoms with E-state index in [1.165, 1.54) is 29.3 Å². The van der Waals surface area contributed by atoms with Crippen molar-refractivity contribution in [1.29, 1.82) is 0 Å². The maximum atomic E-state index is 3.72. The van der Waals surface area contributed by atoms with Crippen molar-refractivity contribution in [2.45, 2.75) is 52.5 Å². The largest absolute Gasteiger partial charge is 0.313 e. The molecule has 0 saturated heterocycles. The minimum Gasteiger partial charge on any atom is -0.313 e. The molecular weight excluding hydrogens is 286 g/mol. The summed E-state index contributed by atoms with van der Waals surface area (Å²) in [5, 5.41) is 3.72. The van der Waals surface area contributed by atoms with Gasteiger partial charge in [0.1, 0.15) is 0 Å². The predicted octanol–water partition coefficient (Wildman–Crippen LogP) is 4.80. The van der Waals surface area contributed by atoms with Gasteiger partial charge in [0, 0.05) is 10.5 Å². The van der Waals surface area contributed by atoms with E-state index in [1.54, 1.807) is 0 Å². The summed E-state index contributed by atoms with van der Waals surface area (Å²) in [6.07, 6.45) is 4.85. The molecule has 1 atom stereocenters. The van der Waals surface area contributed by atoms with Crippen LogP contribution in [-0.4, -0.2) is 12.6 Å². The van der Waals surface area contributed by atoms with E-state index < -0.39 is 0 Å². The maximum absolute atomic E-state index is 3.72. The Bertz CT molecular complexity index is 334. The summed E-state index contributed by atoms with van der Waals surface area (Å²) in [7, 11) is 0. The summed E-state index contributed by atoms with van der Waals surface area (Å²) in [6, 6.07) is 9.30. The van der Waals surface area contributed by atoms with Crippen LogP contribution < -0.4 is 5.32 Å². The van der Waals surface area contributed by atoms with Gasteiger partial charge < -0.3 is 5.32 Å². The molecule has 1 aromatic rings. The Morgan fingerprint density at radius 3 is 2.44 bits per heavy atom. The number of halogens is 1. The third-order valence-corrected chi connectivity index (χ3v) is 4.11. The SMILES string of the molecule is CCCNC(Cc1cccc(Br)c1)C(CC)CC. The van der Waals surface area contributed by atoms with Crippen LogP contribution in [0.3, 0.4) is 0 Å². The zero-order chi connectivity index (χ0) is 13.4.